The lowest BCUT2D eigenvalue weighted by molar-refractivity contribution is 0.199. The minimum atomic E-state index is 0.765. The van der Waals surface area contributed by atoms with Gasteiger partial charge in [0.25, 0.3) is 0 Å². The maximum atomic E-state index is 4.94. The van der Waals surface area contributed by atoms with Crippen molar-refractivity contribution in [3.05, 3.63) is 29.6 Å². The van der Waals surface area contributed by atoms with Crippen LogP contribution in [0.1, 0.15) is 11.3 Å². The first-order valence-corrected chi connectivity index (χ1v) is 4.94. The molecular weight excluding hydrogens is 176 g/mol. The fourth-order valence-electron chi connectivity index (χ4n) is 1.29. The Hall–Kier alpha value is -0.930. The SMILES string of the molecule is COCCNCCc1ncccc1C. The van der Waals surface area contributed by atoms with Gasteiger partial charge in [-0.2, -0.15) is 0 Å². The first kappa shape index (κ1) is 11.1. The molecule has 0 bridgehead atoms. The van der Waals surface area contributed by atoms with Gasteiger partial charge < -0.3 is 10.1 Å². The molecule has 78 valence electrons. The smallest absolute Gasteiger partial charge is 0.0587 e. The zero-order valence-corrected chi connectivity index (χ0v) is 8.92. The summed E-state index contributed by atoms with van der Waals surface area (Å²) in [6.45, 7) is 4.72. The second-order valence-corrected chi connectivity index (χ2v) is 3.26. The van der Waals surface area contributed by atoms with E-state index in [1.54, 1.807) is 7.11 Å². The fourth-order valence-corrected chi connectivity index (χ4v) is 1.29. The van der Waals surface area contributed by atoms with Crippen LogP contribution in [0, 0.1) is 6.92 Å². The Morgan fingerprint density at radius 2 is 2.29 bits per heavy atom. The van der Waals surface area contributed by atoms with Crippen LogP contribution in [-0.4, -0.2) is 31.8 Å². The second kappa shape index (κ2) is 6.51. The molecule has 1 aromatic heterocycles. The number of methoxy groups -OCH3 is 1. The monoisotopic (exact) mass is 194 g/mol. The molecule has 0 aromatic carbocycles. The number of ether oxygens (including phenoxy) is 1. The molecule has 0 aliphatic rings. The first-order valence-electron chi connectivity index (χ1n) is 4.94. The summed E-state index contributed by atoms with van der Waals surface area (Å²) in [7, 11) is 1.71. The highest BCUT2D eigenvalue weighted by atomic mass is 16.5. The van der Waals surface area contributed by atoms with Gasteiger partial charge in [0.2, 0.25) is 0 Å². The molecule has 0 unspecified atom stereocenters. The van der Waals surface area contributed by atoms with E-state index in [9.17, 15) is 0 Å². The van der Waals surface area contributed by atoms with Gasteiger partial charge in [-0.15, -0.1) is 0 Å². The lowest BCUT2D eigenvalue weighted by atomic mass is 10.2. The van der Waals surface area contributed by atoms with Crippen molar-refractivity contribution in [3.8, 4) is 0 Å². The van der Waals surface area contributed by atoms with Crippen LogP contribution in [0.15, 0.2) is 18.3 Å². The Kier molecular flexibility index (Phi) is 5.19. The molecule has 3 nitrogen and oxygen atoms in total. The Morgan fingerprint density at radius 3 is 3.00 bits per heavy atom. The fraction of sp³-hybridized carbons (Fsp3) is 0.545. The van der Waals surface area contributed by atoms with E-state index in [-0.39, 0.29) is 0 Å². The van der Waals surface area contributed by atoms with Crippen molar-refractivity contribution in [2.24, 2.45) is 0 Å². The summed E-state index contributed by atoms with van der Waals surface area (Å²) < 4.78 is 4.94. The lowest BCUT2D eigenvalue weighted by Gasteiger charge is -2.05. The van der Waals surface area contributed by atoms with Crippen molar-refractivity contribution in [1.82, 2.24) is 10.3 Å². The quantitative estimate of drug-likeness (QED) is 0.690. The van der Waals surface area contributed by atoms with Crippen LogP contribution >= 0.6 is 0 Å². The maximum Gasteiger partial charge on any atom is 0.0587 e. The Balaban J connectivity index is 2.21. The van der Waals surface area contributed by atoms with Gasteiger partial charge in [-0.3, -0.25) is 4.98 Å². The molecule has 14 heavy (non-hydrogen) atoms. The van der Waals surface area contributed by atoms with Crippen LogP contribution in [0.2, 0.25) is 0 Å². The zero-order valence-electron chi connectivity index (χ0n) is 8.92. The van der Waals surface area contributed by atoms with Crippen LogP contribution < -0.4 is 5.32 Å². The van der Waals surface area contributed by atoms with Crippen molar-refractivity contribution in [2.45, 2.75) is 13.3 Å². The van der Waals surface area contributed by atoms with Crippen LogP contribution in [0.5, 0.6) is 0 Å². The summed E-state index contributed by atoms with van der Waals surface area (Å²) in [6.07, 6.45) is 2.83. The van der Waals surface area contributed by atoms with Crippen molar-refractivity contribution in [2.75, 3.05) is 26.8 Å². The molecule has 0 aliphatic heterocycles. The van der Waals surface area contributed by atoms with Gasteiger partial charge in [0, 0.05) is 38.5 Å². The average Bonchev–Trinajstić information content (AvgIpc) is 2.20. The minimum absolute atomic E-state index is 0.765. The third-order valence-electron chi connectivity index (χ3n) is 2.14. The molecule has 0 spiro atoms. The molecule has 3 heteroatoms. The second-order valence-electron chi connectivity index (χ2n) is 3.26. The van der Waals surface area contributed by atoms with E-state index < -0.39 is 0 Å². The summed E-state index contributed by atoms with van der Waals surface area (Å²) >= 11 is 0. The van der Waals surface area contributed by atoms with Gasteiger partial charge in [-0.05, 0) is 18.6 Å². The molecule has 0 aliphatic carbocycles. The Bertz CT molecular complexity index is 263. The van der Waals surface area contributed by atoms with E-state index in [0.717, 1.165) is 26.1 Å². The molecule has 1 N–H and O–H groups in total. The first-order chi connectivity index (χ1) is 6.84. The number of aromatic nitrogens is 1. The van der Waals surface area contributed by atoms with Crippen LogP contribution in [0.25, 0.3) is 0 Å². The van der Waals surface area contributed by atoms with Crippen molar-refractivity contribution < 1.29 is 4.74 Å². The van der Waals surface area contributed by atoms with E-state index in [0.29, 0.717) is 0 Å². The minimum Gasteiger partial charge on any atom is -0.383 e. The molecule has 1 aromatic rings. The molecule has 0 radical (unpaired) electrons. The molecule has 0 saturated heterocycles. The van der Waals surface area contributed by atoms with Gasteiger partial charge >= 0.3 is 0 Å². The highest BCUT2D eigenvalue weighted by molar-refractivity contribution is 5.17. The highest BCUT2D eigenvalue weighted by Gasteiger charge is 1.97. The molecule has 1 rings (SSSR count). The summed E-state index contributed by atoms with van der Waals surface area (Å²) in [6, 6.07) is 4.06. The largest absolute Gasteiger partial charge is 0.383 e. The summed E-state index contributed by atoms with van der Waals surface area (Å²) in [4.78, 5) is 4.32. The normalized spacial score (nSPS) is 10.4. The third kappa shape index (κ3) is 3.85. The van der Waals surface area contributed by atoms with E-state index >= 15 is 0 Å². The standard InChI is InChI=1S/C11H18N2O/c1-10-4-3-6-13-11(10)5-7-12-8-9-14-2/h3-4,6,12H,5,7-9H2,1-2H3. The van der Waals surface area contributed by atoms with Gasteiger partial charge in [0.05, 0.1) is 6.61 Å². The third-order valence-corrected chi connectivity index (χ3v) is 2.14. The van der Waals surface area contributed by atoms with Crippen LogP contribution in [0.3, 0.4) is 0 Å². The van der Waals surface area contributed by atoms with E-state index in [4.69, 9.17) is 4.74 Å². The van der Waals surface area contributed by atoms with E-state index in [1.807, 2.05) is 12.3 Å². The van der Waals surface area contributed by atoms with E-state index in [1.165, 1.54) is 11.3 Å². The maximum absolute atomic E-state index is 4.94. The van der Waals surface area contributed by atoms with Gasteiger partial charge in [-0.25, -0.2) is 0 Å². The van der Waals surface area contributed by atoms with Gasteiger partial charge in [0.15, 0.2) is 0 Å². The average molecular weight is 194 g/mol. The van der Waals surface area contributed by atoms with Gasteiger partial charge in [0.1, 0.15) is 0 Å². The summed E-state index contributed by atoms with van der Waals surface area (Å²) in [5.41, 5.74) is 2.44. The number of rotatable bonds is 6. The number of nitrogens with one attached hydrogen (secondary N) is 1. The predicted molar refractivity (Wildman–Crippen MR) is 57.4 cm³/mol. The van der Waals surface area contributed by atoms with E-state index in [2.05, 4.69) is 23.3 Å². The number of hydrogen-bond acceptors (Lipinski definition) is 3. The van der Waals surface area contributed by atoms with Crippen molar-refractivity contribution in [3.63, 3.8) is 0 Å². The molecule has 1 heterocycles. The topological polar surface area (TPSA) is 34.1 Å². The van der Waals surface area contributed by atoms with Crippen molar-refractivity contribution >= 4 is 0 Å². The zero-order chi connectivity index (χ0) is 10.2. The van der Waals surface area contributed by atoms with Crippen LogP contribution in [0.4, 0.5) is 0 Å². The highest BCUT2D eigenvalue weighted by Crippen LogP contribution is 2.02. The molecule has 0 atom stereocenters. The molecule has 0 amide bonds. The molecular formula is C11H18N2O. The predicted octanol–water partition coefficient (Wildman–Crippen LogP) is 1.17. The summed E-state index contributed by atoms with van der Waals surface area (Å²) in [5.74, 6) is 0. The Labute approximate surface area is 85.5 Å². The molecule has 0 fully saturated rings. The number of aryl methyl sites for hydroxylation is 1. The summed E-state index contributed by atoms with van der Waals surface area (Å²) in [5, 5.41) is 3.30. The number of nitrogens with zero attached hydrogens (tertiary/aromatic N) is 1. The van der Waals surface area contributed by atoms with Crippen LogP contribution in [-0.2, 0) is 11.2 Å². The van der Waals surface area contributed by atoms with Gasteiger partial charge in [-0.1, -0.05) is 6.07 Å². The molecule has 0 saturated carbocycles. The number of hydrogen-bond donors (Lipinski definition) is 1. The lowest BCUT2D eigenvalue weighted by Crippen LogP contribution is -2.22. The van der Waals surface area contributed by atoms with Crippen molar-refractivity contribution in [1.29, 1.82) is 0 Å². The number of pyridine rings is 1. The Morgan fingerprint density at radius 1 is 1.43 bits per heavy atom.